The quantitative estimate of drug-likeness (QED) is 0.732. The van der Waals surface area contributed by atoms with Crippen LogP contribution >= 0.6 is 33.9 Å². The van der Waals surface area contributed by atoms with Gasteiger partial charge in [-0.25, -0.2) is 13.1 Å². The summed E-state index contributed by atoms with van der Waals surface area (Å²) >= 11 is 3.63. The average Bonchev–Trinajstić information content (AvgIpc) is 2.57. The highest BCUT2D eigenvalue weighted by Gasteiger charge is 2.23. The number of hydrogen-bond acceptors (Lipinski definition) is 4. The first-order valence-corrected chi connectivity index (χ1v) is 8.95. The number of halogens is 1. The number of carbonyl (C=O) groups excluding carboxylic acids is 1. The Kier molecular flexibility index (Phi) is 5.15. The Bertz CT molecular complexity index is 537. The lowest BCUT2D eigenvalue weighted by Gasteiger charge is -2.25. The minimum Gasteiger partial charge on any atom is -0.350 e. The van der Waals surface area contributed by atoms with Gasteiger partial charge in [-0.1, -0.05) is 0 Å². The molecule has 1 aromatic rings. The zero-order valence-corrected chi connectivity index (χ0v) is 14.1. The van der Waals surface area contributed by atoms with Gasteiger partial charge in [-0.15, -0.1) is 11.3 Å². The molecular formula is C10H15IN2O3S2. The summed E-state index contributed by atoms with van der Waals surface area (Å²) in [5.41, 5.74) is -0.119. The maximum Gasteiger partial charge on any atom is 0.252 e. The molecule has 1 heterocycles. The van der Waals surface area contributed by atoms with Gasteiger partial charge in [0.15, 0.2) is 0 Å². The molecule has 0 aromatic carbocycles. The van der Waals surface area contributed by atoms with Gasteiger partial charge in [-0.2, -0.15) is 0 Å². The maximum absolute atomic E-state index is 11.8. The van der Waals surface area contributed by atoms with E-state index in [2.05, 4.69) is 32.6 Å². The van der Waals surface area contributed by atoms with Crippen molar-refractivity contribution in [2.75, 3.05) is 12.8 Å². The number of carbonyl (C=O) groups is 1. The lowest BCUT2D eigenvalue weighted by molar-refractivity contribution is 0.0945. The predicted octanol–water partition coefficient (Wildman–Crippen LogP) is 1.41. The zero-order valence-electron chi connectivity index (χ0n) is 10.3. The topological polar surface area (TPSA) is 75.3 Å². The van der Waals surface area contributed by atoms with E-state index in [1.54, 1.807) is 25.3 Å². The van der Waals surface area contributed by atoms with Crippen LogP contribution in [0.15, 0.2) is 11.4 Å². The van der Waals surface area contributed by atoms with Gasteiger partial charge >= 0.3 is 0 Å². The summed E-state index contributed by atoms with van der Waals surface area (Å²) in [6, 6.07) is 1.79. The first-order chi connectivity index (χ1) is 8.09. The normalized spacial score (nSPS) is 12.4. The van der Waals surface area contributed by atoms with Crippen molar-refractivity contribution in [3.63, 3.8) is 0 Å². The number of amides is 1. The van der Waals surface area contributed by atoms with Gasteiger partial charge in [0, 0.05) is 17.5 Å². The molecule has 0 radical (unpaired) electrons. The third-order valence-electron chi connectivity index (χ3n) is 1.98. The van der Waals surface area contributed by atoms with Crippen LogP contribution in [0.3, 0.4) is 0 Å². The highest BCUT2D eigenvalue weighted by atomic mass is 127. The van der Waals surface area contributed by atoms with Crippen molar-refractivity contribution in [3.05, 3.63) is 19.9 Å². The lowest BCUT2D eigenvalue weighted by Crippen LogP contribution is -2.50. The molecule has 0 aliphatic rings. The minimum atomic E-state index is -3.29. The van der Waals surface area contributed by atoms with E-state index in [-0.39, 0.29) is 12.5 Å². The van der Waals surface area contributed by atoms with E-state index in [1.807, 2.05) is 0 Å². The molecule has 0 aliphatic carbocycles. The first kappa shape index (κ1) is 15.9. The Morgan fingerprint density at radius 3 is 2.56 bits per heavy atom. The van der Waals surface area contributed by atoms with E-state index < -0.39 is 15.6 Å². The van der Waals surface area contributed by atoms with Gasteiger partial charge in [0.05, 0.1) is 14.7 Å². The number of hydrogen-bond donors (Lipinski definition) is 2. The van der Waals surface area contributed by atoms with Crippen LogP contribution in [0.2, 0.25) is 0 Å². The summed E-state index contributed by atoms with van der Waals surface area (Å²) in [4.78, 5) is 11.8. The summed E-state index contributed by atoms with van der Waals surface area (Å²) in [5, 5.41) is 4.48. The van der Waals surface area contributed by atoms with Gasteiger partial charge in [0.2, 0.25) is 10.0 Å². The Morgan fingerprint density at radius 1 is 1.50 bits per heavy atom. The summed E-state index contributed by atoms with van der Waals surface area (Å²) in [6.07, 6.45) is 1.10. The highest BCUT2D eigenvalue weighted by Crippen LogP contribution is 2.16. The van der Waals surface area contributed by atoms with Crippen molar-refractivity contribution >= 4 is 49.9 Å². The van der Waals surface area contributed by atoms with E-state index in [4.69, 9.17) is 0 Å². The van der Waals surface area contributed by atoms with Gasteiger partial charge < -0.3 is 5.32 Å². The molecule has 0 bridgehead atoms. The Hall–Kier alpha value is -0.190. The van der Waals surface area contributed by atoms with Crippen LogP contribution in [-0.2, 0) is 10.0 Å². The van der Waals surface area contributed by atoms with Gasteiger partial charge in [0.1, 0.15) is 0 Å². The molecule has 18 heavy (non-hydrogen) atoms. The molecule has 102 valence electrons. The molecule has 0 fully saturated rings. The van der Waals surface area contributed by atoms with Crippen LogP contribution in [0.4, 0.5) is 0 Å². The van der Waals surface area contributed by atoms with E-state index in [0.29, 0.717) is 5.56 Å². The molecule has 0 unspecified atom stereocenters. The molecule has 1 amide bonds. The second-order valence-electron chi connectivity index (χ2n) is 4.58. The number of thiophene rings is 1. The molecule has 8 heteroatoms. The molecule has 2 N–H and O–H groups in total. The first-order valence-electron chi connectivity index (χ1n) is 5.10. The maximum atomic E-state index is 11.8. The molecule has 0 spiro atoms. The van der Waals surface area contributed by atoms with E-state index >= 15 is 0 Å². The van der Waals surface area contributed by atoms with E-state index in [0.717, 1.165) is 9.14 Å². The molecule has 0 saturated carbocycles. The van der Waals surface area contributed by atoms with Crippen LogP contribution < -0.4 is 10.0 Å². The van der Waals surface area contributed by atoms with E-state index in [1.165, 1.54) is 11.3 Å². The Morgan fingerprint density at radius 2 is 2.11 bits per heavy atom. The standard InChI is InChI=1S/C10H15IN2O3S2/c1-10(2,13-18(3,15)16)6-12-9(14)7-4-8(11)17-5-7/h4-5,13H,6H2,1-3H3,(H,12,14). The molecule has 5 nitrogen and oxygen atoms in total. The largest absolute Gasteiger partial charge is 0.350 e. The zero-order chi connectivity index (χ0) is 14.0. The second-order valence-corrected chi connectivity index (χ2v) is 9.13. The smallest absolute Gasteiger partial charge is 0.252 e. The highest BCUT2D eigenvalue weighted by molar-refractivity contribution is 14.1. The fraction of sp³-hybridized carbons (Fsp3) is 0.500. The van der Waals surface area contributed by atoms with Crippen LogP contribution in [0.5, 0.6) is 0 Å². The Labute approximate surface area is 125 Å². The average molecular weight is 402 g/mol. The summed E-state index contributed by atoms with van der Waals surface area (Å²) < 4.78 is 25.8. The van der Waals surface area contributed by atoms with Crippen LogP contribution in [-0.4, -0.2) is 32.7 Å². The fourth-order valence-corrected chi connectivity index (χ4v) is 3.77. The second kappa shape index (κ2) is 5.85. The van der Waals surface area contributed by atoms with Crippen LogP contribution in [0.1, 0.15) is 24.2 Å². The third-order valence-corrected chi connectivity index (χ3v) is 4.69. The van der Waals surface area contributed by atoms with Crippen molar-refractivity contribution < 1.29 is 13.2 Å². The molecular weight excluding hydrogens is 387 g/mol. The molecule has 0 atom stereocenters. The molecule has 1 rings (SSSR count). The van der Waals surface area contributed by atoms with Gasteiger partial charge in [0.25, 0.3) is 5.91 Å². The van der Waals surface area contributed by atoms with Crippen molar-refractivity contribution in [3.8, 4) is 0 Å². The lowest BCUT2D eigenvalue weighted by atomic mass is 10.1. The number of sulfonamides is 1. The van der Waals surface area contributed by atoms with E-state index in [9.17, 15) is 13.2 Å². The Balaban J connectivity index is 2.57. The number of rotatable bonds is 5. The third kappa shape index (κ3) is 5.63. The van der Waals surface area contributed by atoms with Crippen molar-refractivity contribution in [1.29, 1.82) is 0 Å². The van der Waals surface area contributed by atoms with Crippen molar-refractivity contribution in [2.24, 2.45) is 0 Å². The van der Waals surface area contributed by atoms with Crippen LogP contribution in [0, 0.1) is 2.88 Å². The fourth-order valence-electron chi connectivity index (χ4n) is 1.37. The summed E-state index contributed by atoms with van der Waals surface area (Å²) in [6.45, 7) is 3.66. The molecule has 0 saturated heterocycles. The van der Waals surface area contributed by atoms with Gasteiger partial charge in [-0.3, -0.25) is 4.79 Å². The summed E-state index contributed by atoms with van der Waals surface area (Å²) in [5.74, 6) is -0.197. The molecule has 0 aliphatic heterocycles. The molecule has 1 aromatic heterocycles. The van der Waals surface area contributed by atoms with Gasteiger partial charge in [-0.05, 0) is 42.5 Å². The monoisotopic (exact) mass is 402 g/mol. The SMILES string of the molecule is CC(C)(CNC(=O)c1csc(I)c1)NS(C)(=O)=O. The summed E-state index contributed by atoms with van der Waals surface area (Å²) in [7, 11) is -3.29. The van der Waals surface area contributed by atoms with Crippen molar-refractivity contribution in [2.45, 2.75) is 19.4 Å². The predicted molar refractivity (Wildman–Crippen MR) is 81.4 cm³/mol. The number of nitrogens with one attached hydrogen (secondary N) is 2. The van der Waals surface area contributed by atoms with Crippen LogP contribution in [0.25, 0.3) is 0 Å². The van der Waals surface area contributed by atoms with Crippen molar-refractivity contribution in [1.82, 2.24) is 10.0 Å². The minimum absolute atomic E-state index is 0.197.